The fourth-order valence-electron chi connectivity index (χ4n) is 2.43. The normalized spacial score (nSPS) is 10.7. The van der Waals surface area contributed by atoms with Crippen LogP contribution in [0.1, 0.15) is 16.8 Å². The van der Waals surface area contributed by atoms with Crippen molar-refractivity contribution < 1.29 is 4.79 Å². The second-order valence-electron chi connectivity index (χ2n) is 5.89. The number of nitrogens with one attached hydrogen (secondary N) is 1. The maximum atomic E-state index is 12.1. The lowest BCUT2D eigenvalue weighted by Crippen LogP contribution is -2.27. The molecule has 0 fully saturated rings. The van der Waals surface area contributed by atoms with E-state index in [1.54, 1.807) is 29.2 Å². The van der Waals surface area contributed by atoms with E-state index >= 15 is 0 Å². The highest BCUT2D eigenvalue weighted by atomic mass is 35.5. The van der Waals surface area contributed by atoms with Crippen molar-refractivity contribution in [1.82, 2.24) is 10.3 Å². The molecule has 140 valence electrons. The number of benzene rings is 2. The van der Waals surface area contributed by atoms with Gasteiger partial charge in [-0.25, -0.2) is 4.98 Å². The first kappa shape index (κ1) is 20.2. The third-order valence-corrected chi connectivity index (χ3v) is 6.52. The smallest absolute Gasteiger partial charge is 0.226 e. The van der Waals surface area contributed by atoms with Gasteiger partial charge in [-0.3, -0.25) is 4.79 Å². The Morgan fingerprint density at radius 3 is 2.74 bits per heavy atom. The van der Waals surface area contributed by atoms with Crippen LogP contribution in [0.3, 0.4) is 0 Å². The van der Waals surface area contributed by atoms with Crippen molar-refractivity contribution in [1.29, 1.82) is 0 Å². The molecule has 1 heterocycles. The topological polar surface area (TPSA) is 42.0 Å². The van der Waals surface area contributed by atoms with Gasteiger partial charge in [-0.05, 0) is 29.7 Å². The number of thiazole rings is 1. The molecule has 0 saturated carbocycles. The van der Waals surface area contributed by atoms with E-state index in [2.05, 4.69) is 22.4 Å². The van der Waals surface area contributed by atoms with Gasteiger partial charge in [0.1, 0.15) is 4.34 Å². The number of hydrogen-bond acceptors (Lipinski definition) is 4. The molecule has 0 radical (unpaired) electrons. The molecule has 0 bridgehead atoms. The minimum atomic E-state index is -0.00599. The third kappa shape index (κ3) is 6.54. The first-order valence-electron chi connectivity index (χ1n) is 8.42. The number of carbonyl (C=O) groups excluding carboxylic acids is 1. The highest BCUT2D eigenvalue weighted by Crippen LogP contribution is 2.30. The van der Waals surface area contributed by atoms with Crippen LogP contribution in [0.25, 0.3) is 0 Å². The molecule has 3 nitrogen and oxygen atoms in total. The number of hydrogen-bond donors (Lipinski definition) is 1. The first-order chi connectivity index (χ1) is 13.1. The first-order valence-corrected chi connectivity index (χ1v) is 11.0. The van der Waals surface area contributed by atoms with Crippen molar-refractivity contribution in [2.24, 2.45) is 0 Å². The zero-order valence-corrected chi connectivity index (χ0v) is 17.6. The van der Waals surface area contributed by atoms with Crippen molar-refractivity contribution in [2.45, 2.75) is 22.9 Å². The van der Waals surface area contributed by atoms with Gasteiger partial charge in [0.25, 0.3) is 0 Å². The Kier molecular flexibility index (Phi) is 7.59. The molecule has 1 amide bonds. The van der Waals surface area contributed by atoms with E-state index in [0.717, 1.165) is 22.0 Å². The summed E-state index contributed by atoms with van der Waals surface area (Å²) in [5.41, 5.74) is 3.02. The Morgan fingerprint density at radius 1 is 1.15 bits per heavy atom. The molecule has 0 unspecified atom stereocenters. The standard InChI is InChI=1S/C20H18Cl2N2OS2/c21-16-7-6-15(18(22)10-16)12-26-20-24-17(13-27-20)11-19(25)23-9-8-14-4-2-1-3-5-14/h1-7,10,13H,8-9,11-12H2,(H,23,25). The van der Waals surface area contributed by atoms with Gasteiger partial charge in [-0.2, -0.15) is 0 Å². The molecule has 0 atom stereocenters. The van der Waals surface area contributed by atoms with Gasteiger partial charge in [0.2, 0.25) is 5.91 Å². The molecule has 1 aromatic heterocycles. The van der Waals surface area contributed by atoms with Crippen LogP contribution in [-0.2, 0) is 23.4 Å². The molecule has 2 aromatic carbocycles. The van der Waals surface area contributed by atoms with Gasteiger partial charge in [0.15, 0.2) is 0 Å². The van der Waals surface area contributed by atoms with Crippen LogP contribution in [0.15, 0.2) is 58.3 Å². The largest absolute Gasteiger partial charge is 0.355 e. The summed E-state index contributed by atoms with van der Waals surface area (Å²) in [6.07, 6.45) is 1.13. The van der Waals surface area contributed by atoms with Crippen LogP contribution in [-0.4, -0.2) is 17.4 Å². The Bertz CT molecular complexity index is 900. The highest BCUT2D eigenvalue weighted by molar-refractivity contribution is 8.00. The maximum absolute atomic E-state index is 12.1. The lowest BCUT2D eigenvalue weighted by Gasteiger charge is -2.04. The minimum Gasteiger partial charge on any atom is -0.355 e. The average Bonchev–Trinajstić information content (AvgIpc) is 3.09. The van der Waals surface area contributed by atoms with Gasteiger partial charge in [0.05, 0.1) is 12.1 Å². The summed E-state index contributed by atoms with van der Waals surface area (Å²) in [4.78, 5) is 16.6. The lowest BCUT2D eigenvalue weighted by molar-refractivity contribution is -0.120. The second-order valence-corrected chi connectivity index (χ2v) is 8.82. The van der Waals surface area contributed by atoms with Crippen molar-refractivity contribution >= 4 is 52.2 Å². The van der Waals surface area contributed by atoms with Crippen LogP contribution in [0.5, 0.6) is 0 Å². The van der Waals surface area contributed by atoms with E-state index in [-0.39, 0.29) is 5.91 Å². The van der Waals surface area contributed by atoms with Crippen LogP contribution < -0.4 is 5.32 Å². The molecule has 3 aromatic rings. The molecule has 3 rings (SSSR count). The van der Waals surface area contributed by atoms with E-state index in [1.807, 2.05) is 35.7 Å². The van der Waals surface area contributed by atoms with E-state index in [9.17, 15) is 4.79 Å². The van der Waals surface area contributed by atoms with Gasteiger partial charge in [-0.1, -0.05) is 71.4 Å². The molecule has 0 aliphatic heterocycles. The Morgan fingerprint density at radius 2 is 1.96 bits per heavy atom. The Hall–Kier alpha value is -1.53. The van der Waals surface area contributed by atoms with Gasteiger partial charge < -0.3 is 5.32 Å². The van der Waals surface area contributed by atoms with Gasteiger partial charge >= 0.3 is 0 Å². The van der Waals surface area contributed by atoms with Crippen LogP contribution in [0.4, 0.5) is 0 Å². The molecule has 0 aliphatic carbocycles. The summed E-state index contributed by atoms with van der Waals surface area (Å²) in [5.74, 6) is 0.709. The second kappa shape index (κ2) is 10.1. The number of thioether (sulfide) groups is 1. The van der Waals surface area contributed by atoms with Crippen LogP contribution in [0, 0.1) is 0 Å². The predicted molar refractivity (Wildman–Crippen MR) is 115 cm³/mol. The Balaban J connectivity index is 1.43. The minimum absolute atomic E-state index is 0.00599. The summed E-state index contributed by atoms with van der Waals surface area (Å²) in [6, 6.07) is 15.6. The molecule has 1 N–H and O–H groups in total. The third-order valence-electron chi connectivity index (χ3n) is 3.82. The summed E-state index contributed by atoms with van der Waals surface area (Å²) >= 11 is 15.3. The number of carbonyl (C=O) groups is 1. The van der Waals surface area contributed by atoms with Gasteiger partial charge in [0, 0.05) is 27.7 Å². The quantitative estimate of drug-likeness (QED) is 0.464. The molecule has 0 spiro atoms. The van der Waals surface area contributed by atoms with E-state index in [0.29, 0.717) is 28.8 Å². The summed E-state index contributed by atoms with van der Waals surface area (Å²) in [5, 5.41) is 6.17. The van der Waals surface area contributed by atoms with E-state index in [1.165, 1.54) is 5.56 Å². The zero-order chi connectivity index (χ0) is 19.1. The number of nitrogens with zero attached hydrogens (tertiary/aromatic N) is 1. The van der Waals surface area contributed by atoms with E-state index in [4.69, 9.17) is 23.2 Å². The molecule has 0 aliphatic rings. The molecule has 0 saturated heterocycles. The van der Waals surface area contributed by atoms with Gasteiger partial charge in [-0.15, -0.1) is 11.3 Å². The zero-order valence-electron chi connectivity index (χ0n) is 14.5. The number of amides is 1. The monoisotopic (exact) mass is 436 g/mol. The van der Waals surface area contributed by atoms with Crippen molar-refractivity contribution in [2.75, 3.05) is 6.54 Å². The highest BCUT2D eigenvalue weighted by Gasteiger charge is 2.09. The maximum Gasteiger partial charge on any atom is 0.226 e. The van der Waals surface area contributed by atoms with Crippen molar-refractivity contribution in [3.63, 3.8) is 0 Å². The fraction of sp³-hybridized carbons (Fsp3) is 0.200. The molecule has 7 heteroatoms. The summed E-state index contributed by atoms with van der Waals surface area (Å²) in [6.45, 7) is 0.629. The van der Waals surface area contributed by atoms with Crippen molar-refractivity contribution in [3.05, 3.63) is 80.8 Å². The Labute approximate surface area is 177 Å². The number of halogens is 2. The lowest BCUT2D eigenvalue weighted by atomic mass is 10.1. The molecule has 27 heavy (non-hydrogen) atoms. The predicted octanol–water partition coefficient (Wildman–Crippen LogP) is 5.64. The van der Waals surface area contributed by atoms with Crippen molar-refractivity contribution in [3.8, 4) is 0 Å². The fourth-order valence-corrected chi connectivity index (χ4v) is 4.84. The summed E-state index contributed by atoms with van der Waals surface area (Å²) < 4.78 is 0.924. The van der Waals surface area contributed by atoms with Crippen LogP contribution in [0.2, 0.25) is 10.0 Å². The SMILES string of the molecule is O=C(Cc1csc(SCc2ccc(Cl)cc2Cl)n1)NCCc1ccccc1. The summed E-state index contributed by atoms with van der Waals surface area (Å²) in [7, 11) is 0. The number of rotatable bonds is 8. The molecular formula is C20H18Cl2N2OS2. The molecular weight excluding hydrogens is 419 g/mol. The van der Waals surface area contributed by atoms with E-state index < -0.39 is 0 Å². The average molecular weight is 437 g/mol. The van der Waals surface area contributed by atoms with Crippen LogP contribution >= 0.6 is 46.3 Å². The number of aromatic nitrogens is 1.